The average molecular weight is 636 g/mol. The van der Waals surface area contributed by atoms with Crippen LogP contribution in [0.5, 0.6) is 0 Å². The van der Waals surface area contributed by atoms with Crippen LogP contribution in [-0.4, -0.2) is 57.2 Å². The second kappa shape index (κ2) is 10.1. The first-order valence-corrected chi connectivity index (χ1v) is 15.9. The number of amides is 4. The summed E-state index contributed by atoms with van der Waals surface area (Å²) in [4.78, 5) is 71.9. The molecule has 1 aromatic heterocycles. The number of imide groups is 2. The molecule has 232 valence electrons. The van der Waals surface area contributed by atoms with E-state index in [2.05, 4.69) is 51.8 Å². The number of hydrogen-bond acceptors (Lipinski definition) is 7. The molecular formula is C35H30ClN5O5. The number of carbonyl (C=O) groups is 4. The number of carbonyl (C=O) groups excluding carboxylic acids is 4. The Morgan fingerprint density at radius 2 is 1.65 bits per heavy atom. The molecule has 3 aromatic carbocycles. The molecule has 4 amide bonds. The zero-order valence-corrected chi connectivity index (χ0v) is 26.1. The standard InChI is InChI=1S/C35H30ClN5O5/c1-35(2)21-17-19(9-10-23(21)40-25-8-4-6-22(36)29(25)31(44)38-34(35)40)18-13-15-39(16-14-18)24-7-3-5-20-28(24)33(46)41(32(20)45)26-11-12-27(42)37-30(26)43/h3-10,17-18,26H,11-16H2,1-2H3,(H,37,42,43). The van der Waals surface area contributed by atoms with Gasteiger partial charge in [-0.15, -0.1) is 0 Å². The van der Waals surface area contributed by atoms with E-state index in [0.29, 0.717) is 40.6 Å². The van der Waals surface area contributed by atoms with Gasteiger partial charge in [0, 0.05) is 19.5 Å². The van der Waals surface area contributed by atoms with Gasteiger partial charge in [0.2, 0.25) is 11.8 Å². The predicted molar refractivity (Wildman–Crippen MR) is 172 cm³/mol. The molecule has 1 atom stereocenters. The Hall–Kier alpha value is -4.83. The van der Waals surface area contributed by atoms with E-state index in [0.717, 1.165) is 34.5 Å². The van der Waals surface area contributed by atoms with Gasteiger partial charge in [0.05, 0.1) is 43.8 Å². The minimum absolute atomic E-state index is 0.0793. The lowest BCUT2D eigenvalue weighted by atomic mass is 9.81. The highest BCUT2D eigenvalue weighted by Gasteiger charge is 2.46. The maximum Gasteiger partial charge on any atom is 0.282 e. The molecule has 5 heterocycles. The summed E-state index contributed by atoms with van der Waals surface area (Å²) in [7, 11) is 0. The molecule has 0 aliphatic carbocycles. The van der Waals surface area contributed by atoms with E-state index < -0.39 is 35.1 Å². The summed E-state index contributed by atoms with van der Waals surface area (Å²) in [6, 6.07) is 16.2. The summed E-state index contributed by atoms with van der Waals surface area (Å²) in [5.41, 5.74) is 4.53. The molecule has 0 radical (unpaired) electrons. The normalized spacial score (nSPS) is 20.6. The summed E-state index contributed by atoms with van der Waals surface area (Å²) in [5, 5.41) is 3.06. The van der Waals surface area contributed by atoms with E-state index in [1.165, 1.54) is 5.56 Å². The van der Waals surface area contributed by atoms with Crippen LogP contribution in [0, 0.1) is 0 Å². The number of aromatic nitrogens is 2. The summed E-state index contributed by atoms with van der Waals surface area (Å²) in [6.07, 6.45) is 1.87. The summed E-state index contributed by atoms with van der Waals surface area (Å²) in [6.45, 7) is 5.54. The quantitative estimate of drug-likeness (QED) is 0.330. The molecule has 4 aromatic rings. The fraction of sp³-hybridized carbons (Fsp3) is 0.314. The van der Waals surface area contributed by atoms with Gasteiger partial charge in [-0.25, -0.2) is 0 Å². The highest BCUT2D eigenvalue weighted by Crippen LogP contribution is 2.45. The topological polar surface area (TPSA) is 122 Å². The van der Waals surface area contributed by atoms with Crippen LogP contribution >= 0.6 is 11.6 Å². The Kier molecular flexibility index (Phi) is 6.28. The maximum absolute atomic E-state index is 13.6. The first-order chi connectivity index (χ1) is 22.1. The highest BCUT2D eigenvalue weighted by atomic mass is 35.5. The number of hydrogen-bond donors (Lipinski definition) is 1. The third-order valence-corrected chi connectivity index (χ3v) is 10.4. The summed E-state index contributed by atoms with van der Waals surface area (Å²) in [5.74, 6) is -1.04. The SMILES string of the molecule is CC1(C)c2cc(C3CCN(c4cccc5c4C(=O)N(C4CCC(=O)NC4=O)C5=O)CC3)ccc2-n2c1nc(=O)c1c(Cl)cccc12. The Labute approximate surface area is 269 Å². The Bertz CT molecular complexity index is 2110. The van der Waals surface area contributed by atoms with Crippen LogP contribution in [0.25, 0.3) is 16.6 Å². The average Bonchev–Trinajstić information content (AvgIpc) is 3.43. The van der Waals surface area contributed by atoms with Crippen molar-refractivity contribution in [2.24, 2.45) is 0 Å². The van der Waals surface area contributed by atoms with E-state index in [1.54, 1.807) is 18.2 Å². The molecule has 4 aliphatic rings. The summed E-state index contributed by atoms with van der Waals surface area (Å²) >= 11 is 6.42. The molecule has 1 N–H and O–H groups in total. The van der Waals surface area contributed by atoms with Gasteiger partial charge in [-0.3, -0.25) is 38.8 Å². The number of rotatable bonds is 3. The van der Waals surface area contributed by atoms with Gasteiger partial charge in [0.15, 0.2) is 0 Å². The minimum atomic E-state index is -0.998. The van der Waals surface area contributed by atoms with Crippen molar-refractivity contribution in [2.45, 2.75) is 56.9 Å². The van der Waals surface area contributed by atoms with Crippen LogP contribution in [0.2, 0.25) is 5.02 Å². The molecule has 10 nitrogen and oxygen atoms in total. The van der Waals surface area contributed by atoms with Crippen LogP contribution in [0.3, 0.4) is 0 Å². The Balaban J connectivity index is 1.06. The molecule has 11 heteroatoms. The van der Waals surface area contributed by atoms with Gasteiger partial charge in [-0.05, 0) is 80.5 Å². The maximum atomic E-state index is 13.6. The van der Waals surface area contributed by atoms with Crippen molar-refractivity contribution < 1.29 is 19.2 Å². The molecule has 46 heavy (non-hydrogen) atoms. The molecule has 1 unspecified atom stereocenters. The fourth-order valence-corrected chi connectivity index (χ4v) is 7.98. The molecular weight excluding hydrogens is 606 g/mol. The van der Waals surface area contributed by atoms with E-state index in [-0.39, 0.29) is 29.9 Å². The fourth-order valence-electron chi connectivity index (χ4n) is 7.73. The Morgan fingerprint density at radius 3 is 2.41 bits per heavy atom. The first kappa shape index (κ1) is 28.6. The first-order valence-electron chi connectivity index (χ1n) is 15.5. The summed E-state index contributed by atoms with van der Waals surface area (Å²) < 4.78 is 2.05. The van der Waals surface area contributed by atoms with Crippen molar-refractivity contribution in [1.82, 2.24) is 19.8 Å². The monoisotopic (exact) mass is 635 g/mol. The van der Waals surface area contributed by atoms with Gasteiger partial charge in [-0.1, -0.05) is 35.9 Å². The molecule has 8 rings (SSSR count). The number of halogens is 1. The molecule has 0 saturated carbocycles. The minimum Gasteiger partial charge on any atom is -0.371 e. The van der Waals surface area contributed by atoms with Gasteiger partial charge >= 0.3 is 0 Å². The zero-order valence-electron chi connectivity index (χ0n) is 25.3. The van der Waals surface area contributed by atoms with Crippen LogP contribution in [0.15, 0.2) is 59.4 Å². The number of benzene rings is 3. The lowest BCUT2D eigenvalue weighted by Crippen LogP contribution is -2.54. The zero-order chi connectivity index (χ0) is 32.1. The van der Waals surface area contributed by atoms with Crippen LogP contribution in [0.1, 0.15) is 83.1 Å². The van der Waals surface area contributed by atoms with Crippen molar-refractivity contribution in [2.75, 3.05) is 18.0 Å². The number of nitrogens with zero attached hydrogens (tertiary/aromatic N) is 4. The van der Waals surface area contributed by atoms with Crippen LogP contribution in [-0.2, 0) is 15.0 Å². The van der Waals surface area contributed by atoms with E-state index in [1.807, 2.05) is 18.2 Å². The van der Waals surface area contributed by atoms with Gasteiger partial charge in [0.1, 0.15) is 11.9 Å². The van der Waals surface area contributed by atoms with Crippen LogP contribution < -0.4 is 15.8 Å². The smallest absolute Gasteiger partial charge is 0.282 e. The molecule has 2 fully saturated rings. The predicted octanol–water partition coefficient (Wildman–Crippen LogP) is 4.46. The second-order valence-corrected chi connectivity index (χ2v) is 13.4. The Morgan fingerprint density at radius 1 is 0.891 bits per heavy atom. The van der Waals surface area contributed by atoms with Gasteiger partial charge in [0.25, 0.3) is 17.4 Å². The van der Waals surface area contributed by atoms with Gasteiger partial charge in [-0.2, -0.15) is 4.98 Å². The van der Waals surface area contributed by atoms with Crippen molar-refractivity contribution in [3.8, 4) is 5.69 Å². The van der Waals surface area contributed by atoms with Crippen molar-refractivity contribution in [1.29, 1.82) is 0 Å². The molecule has 0 spiro atoms. The third-order valence-electron chi connectivity index (χ3n) is 10.1. The lowest BCUT2D eigenvalue weighted by molar-refractivity contribution is -0.136. The second-order valence-electron chi connectivity index (χ2n) is 13.0. The number of piperidine rings is 2. The number of anilines is 1. The largest absolute Gasteiger partial charge is 0.371 e. The lowest BCUT2D eigenvalue weighted by Gasteiger charge is -2.35. The van der Waals surface area contributed by atoms with Gasteiger partial charge < -0.3 is 4.90 Å². The van der Waals surface area contributed by atoms with E-state index in [4.69, 9.17) is 11.6 Å². The number of nitrogens with one attached hydrogen (secondary N) is 1. The molecule has 4 aliphatic heterocycles. The van der Waals surface area contributed by atoms with Crippen molar-refractivity contribution in [3.05, 3.63) is 98.1 Å². The molecule has 2 saturated heterocycles. The van der Waals surface area contributed by atoms with Crippen molar-refractivity contribution in [3.63, 3.8) is 0 Å². The van der Waals surface area contributed by atoms with Crippen LogP contribution in [0.4, 0.5) is 5.69 Å². The van der Waals surface area contributed by atoms with E-state index in [9.17, 15) is 24.0 Å². The molecule has 0 bridgehead atoms. The highest BCUT2D eigenvalue weighted by molar-refractivity contribution is 6.35. The van der Waals surface area contributed by atoms with E-state index >= 15 is 0 Å². The van der Waals surface area contributed by atoms with Crippen molar-refractivity contribution >= 4 is 51.8 Å². The number of fused-ring (bicyclic) bond motifs is 6. The third kappa shape index (κ3) is 4.02.